The average Bonchev–Trinajstić information content (AvgIpc) is 3.19. The van der Waals surface area contributed by atoms with Gasteiger partial charge in [-0.2, -0.15) is 4.31 Å². The van der Waals surface area contributed by atoms with Gasteiger partial charge in [-0.15, -0.1) is 11.3 Å². The number of benzene rings is 1. The summed E-state index contributed by atoms with van der Waals surface area (Å²) in [5.74, 6) is -0.869. The van der Waals surface area contributed by atoms with Crippen molar-refractivity contribution in [1.82, 2.24) is 9.21 Å². The fraction of sp³-hybridized carbons (Fsp3) is 0.409. The highest BCUT2D eigenvalue weighted by molar-refractivity contribution is 7.89. The first-order valence-electron chi connectivity index (χ1n) is 10.8. The Hall–Kier alpha value is -2.96. The molecular formula is C22H27N3O7S2. The quantitative estimate of drug-likeness (QED) is 0.570. The van der Waals surface area contributed by atoms with E-state index < -0.39 is 28.0 Å². The molecule has 1 N–H and O–H groups in total. The zero-order valence-electron chi connectivity index (χ0n) is 19.2. The van der Waals surface area contributed by atoms with E-state index in [4.69, 9.17) is 9.47 Å². The Morgan fingerprint density at radius 2 is 1.62 bits per heavy atom. The van der Waals surface area contributed by atoms with Gasteiger partial charge in [0.25, 0.3) is 5.91 Å². The number of ether oxygens (including phenoxy) is 2. The smallest absolute Gasteiger partial charge is 0.409 e. The molecule has 2 heterocycles. The van der Waals surface area contributed by atoms with Crippen molar-refractivity contribution in [1.29, 1.82) is 0 Å². The molecule has 1 aliphatic rings. The van der Waals surface area contributed by atoms with Gasteiger partial charge in [-0.1, -0.05) is 0 Å². The highest BCUT2D eigenvalue weighted by Crippen LogP contribution is 2.28. The molecular weight excluding hydrogens is 482 g/mol. The molecule has 184 valence electrons. The zero-order valence-corrected chi connectivity index (χ0v) is 20.8. The zero-order chi connectivity index (χ0) is 24.9. The SMILES string of the molecule is CCOC(=O)c1sc(NC(=O)c2ccc(S(=O)(=O)N3CCN(C(=O)OCC)CC3)cc2)cc1C. The van der Waals surface area contributed by atoms with Gasteiger partial charge in [0.1, 0.15) is 4.88 Å². The lowest BCUT2D eigenvalue weighted by atomic mass is 10.2. The Morgan fingerprint density at radius 3 is 2.21 bits per heavy atom. The van der Waals surface area contributed by atoms with E-state index in [1.165, 1.54) is 33.5 Å². The van der Waals surface area contributed by atoms with Crippen molar-refractivity contribution in [3.05, 3.63) is 46.3 Å². The number of carbonyl (C=O) groups is 3. The van der Waals surface area contributed by atoms with E-state index in [9.17, 15) is 22.8 Å². The largest absolute Gasteiger partial charge is 0.462 e. The Kier molecular flexibility index (Phi) is 8.28. The second kappa shape index (κ2) is 11.0. The monoisotopic (exact) mass is 509 g/mol. The number of amides is 2. The number of carbonyl (C=O) groups excluding carboxylic acids is 3. The molecule has 1 aliphatic heterocycles. The lowest BCUT2D eigenvalue weighted by molar-refractivity contribution is 0.0531. The molecule has 1 saturated heterocycles. The van der Waals surface area contributed by atoms with Crippen molar-refractivity contribution in [2.75, 3.05) is 44.7 Å². The van der Waals surface area contributed by atoms with Crippen LogP contribution in [0.25, 0.3) is 0 Å². The van der Waals surface area contributed by atoms with E-state index in [-0.39, 0.29) is 49.9 Å². The average molecular weight is 510 g/mol. The number of thiophene rings is 1. The number of piperazine rings is 1. The summed E-state index contributed by atoms with van der Waals surface area (Å²) in [7, 11) is -3.77. The summed E-state index contributed by atoms with van der Waals surface area (Å²) < 4.78 is 37.2. The van der Waals surface area contributed by atoms with E-state index >= 15 is 0 Å². The van der Waals surface area contributed by atoms with Gasteiger partial charge in [0.2, 0.25) is 10.0 Å². The number of rotatable bonds is 7. The van der Waals surface area contributed by atoms with Crippen molar-refractivity contribution >= 4 is 44.3 Å². The Bertz CT molecular complexity index is 1150. The number of sulfonamides is 1. The standard InChI is InChI=1S/C22H27N3O7S2/c1-4-31-21(27)19-15(3)14-18(33-19)23-20(26)16-6-8-17(9-7-16)34(29,30)25-12-10-24(11-13-25)22(28)32-5-2/h6-9,14H,4-5,10-13H2,1-3H3,(H,23,26). The fourth-order valence-corrected chi connectivity index (χ4v) is 5.76. The molecule has 0 bridgehead atoms. The van der Waals surface area contributed by atoms with Crippen LogP contribution >= 0.6 is 11.3 Å². The Balaban J connectivity index is 1.64. The number of hydrogen-bond acceptors (Lipinski definition) is 8. The van der Waals surface area contributed by atoms with Gasteiger partial charge in [0.15, 0.2) is 0 Å². The van der Waals surface area contributed by atoms with E-state index in [0.29, 0.717) is 15.4 Å². The summed E-state index contributed by atoms with van der Waals surface area (Å²) in [5.41, 5.74) is 0.970. The molecule has 0 atom stereocenters. The maximum absolute atomic E-state index is 13.0. The van der Waals surface area contributed by atoms with Crippen LogP contribution in [0.15, 0.2) is 35.2 Å². The van der Waals surface area contributed by atoms with Gasteiger partial charge in [0, 0.05) is 31.7 Å². The van der Waals surface area contributed by atoms with E-state index in [0.717, 1.165) is 11.3 Å². The minimum absolute atomic E-state index is 0.0604. The molecule has 0 spiro atoms. The number of anilines is 1. The molecule has 10 nitrogen and oxygen atoms in total. The molecule has 0 aliphatic carbocycles. The number of nitrogens with zero attached hydrogens (tertiary/aromatic N) is 2. The number of hydrogen-bond donors (Lipinski definition) is 1. The Labute approximate surface area is 202 Å². The van der Waals surface area contributed by atoms with Gasteiger partial charge >= 0.3 is 12.1 Å². The van der Waals surface area contributed by atoms with Crippen molar-refractivity contribution < 1.29 is 32.3 Å². The highest BCUT2D eigenvalue weighted by Gasteiger charge is 2.30. The van der Waals surface area contributed by atoms with Gasteiger partial charge in [-0.3, -0.25) is 4.79 Å². The molecule has 3 rings (SSSR count). The van der Waals surface area contributed by atoms with Crippen LogP contribution in [0.5, 0.6) is 0 Å². The summed E-state index contributed by atoms with van der Waals surface area (Å²) in [4.78, 5) is 38.4. The van der Waals surface area contributed by atoms with Crippen molar-refractivity contribution in [2.45, 2.75) is 25.7 Å². The van der Waals surface area contributed by atoms with Gasteiger partial charge in [-0.05, 0) is 56.7 Å². The summed E-state index contributed by atoms with van der Waals surface area (Å²) in [6.07, 6.45) is -0.453. The van der Waals surface area contributed by atoms with Gasteiger partial charge < -0.3 is 19.7 Å². The maximum Gasteiger partial charge on any atom is 0.409 e. The number of aryl methyl sites for hydroxylation is 1. The first-order valence-corrected chi connectivity index (χ1v) is 13.0. The molecule has 0 saturated carbocycles. The molecule has 0 unspecified atom stereocenters. The molecule has 0 radical (unpaired) electrons. The third-order valence-electron chi connectivity index (χ3n) is 5.13. The summed E-state index contributed by atoms with van der Waals surface area (Å²) in [5, 5.41) is 3.21. The van der Waals surface area contributed by atoms with E-state index in [2.05, 4.69) is 5.32 Å². The van der Waals surface area contributed by atoms with Gasteiger partial charge in [0.05, 0.1) is 23.1 Å². The highest BCUT2D eigenvalue weighted by atomic mass is 32.2. The second-order valence-electron chi connectivity index (χ2n) is 7.41. The molecule has 12 heteroatoms. The third-order valence-corrected chi connectivity index (χ3v) is 8.18. The normalized spacial score (nSPS) is 14.5. The van der Waals surface area contributed by atoms with Gasteiger partial charge in [-0.25, -0.2) is 18.0 Å². The first-order chi connectivity index (χ1) is 16.2. The minimum Gasteiger partial charge on any atom is -0.462 e. The van der Waals surface area contributed by atoms with Crippen LogP contribution < -0.4 is 5.32 Å². The van der Waals surface area contributed by atoms with Crippen LogP contribution in [0.3, 0.4) is 0 Å². The molecule has 1 aromatic heterocycles. The van der Waals surface area contributed by atoms with Crippen molar-refractivity contribution in [2.24, 2.45) is 0 Å². The topological polar surface area (TPSA) is 122 Å². The number of nitrogens with one attached hydrogen (secondary N) is 1. The Morgan fingerprint density at radius 1 is 1.00 bits per heavy atom. The van der Waals surface area contributed by atoms with Crippen LogP contribution in [0, 0.1) is 6.92 Å². The lowest BCUT2D eigenvalue weighted by Gasteiger charge is -2.33. The van der Waals surface area contributed by atoms with Crippen molar-refractivity contribution in [3.8, 4) is 0 Å². The molecule has 34 heavy (non-hydrogen) atoms. The summed E-state index contributed by atoms with van der Waals surface area (Å²) in [6.45, 7) is 6.50. The maximum atomic E-state index is 13.0. The number of esters is 1. The predicted octanol–water partition coefficient (Wildman–Crippen LogP) is 2.95. The molecule has 1 fully saturated rings. The van der Waals surface area contributed by atoms with Crippen LogP contribution in [-0.2, 0) is 19.5 Å². The van der Waals surface area contributed by atoms with Crippen LogP contribution in [-0.4, -0.2) is 75.0 Å². The third kappa shape index (κ3) is 5.75. The van der Waals surface area contributed by atoms with Crippen molar-refractivity contribution in [3.63, 3.8) is 0 Å². The summed E-state index contributed by atoms with van der Waals surface area (Å²) >= 11 is 1.12. The minimum atomic E-state index is -3.77. The second-order valence-corrected chi connectivity index (χ2v) is 10.4. The molecule has 2 amide bonds. The van der Waals surface area contributed by atoms with E-state index in [1.807, 2.05) is 0 Å². The van der Waals surface area contributed by atoms with Crippen LogP contribution in [0.2, 0.25) is 0 Å². The summed E-state index contributed by atoms with van der Waals surface area (Å²) in [6, 6.07) is 7.31. The molecule has 2 aromatic rings. The fourth-order valence-electron chi connectivity index (χ4n) is 3.38. The predicted molar refractivity (Wildman–Crippen MR) is 127 cm³/mol. The van der Waals surface area contributed by atoms with Crippen LogP contribution in [0.1, 0.15) is 39.4 Å². The van der Waals surface area contributed by atoms with Crippen LogP contribution in [0.4, 0.5) is 9.80 Å². The molecule has 1 aromatic carbocycles. The lowest BCUT2D eigenvalue weighted by Crippen LogP contribution is -2.50. The van der Waals surface area contributed by atoms with E-state index in [1.54, 1.807) is 26.8 Å². The first kappa shape index (κ1) is 25.7.